The molecule has 0 spiro atoms. The number of nitrogens with zero attached hydrogens (tertiary/aromatic N) is 3. The molecule has 3 N–H and O–H groups in total. The molecule has 1 saturated carbocycles. The number of imidazole rings is 1. The standard InChI is InChI=1S/C21H30N6O/c1-22-20(25-15-21(11-7-8-12-21)19(28)27(2)3)24-14-18-23-13-17(26-18)16-9-5-4-6-10-16/h4-6,9-10,13H,7-8,11-12,14-15H2,1-3H3,(H,23,26)(H2,22,24,25). The number of H-pyrrole nitrogens is 1. The van der Waals surface area contributed by atoms with Crippen molar-refractivity contribution in [3.8, 4) is 11.3 Å². The fourth-order valence-corrected chi connectivity index (χ4v) is 3.85. The molecule has 0 radical (unpaired) electrons. The van der Waals surface area contributed by atoms with Gasteiger partial charge in [-0.3, -0.25) is 9.79 Å². The zero-order valence-corrected chi connectivity index (χ0v) is 17.0. The van der Waals surface area contributed by atoms with E-state index in [4.69, 9.17) is 0 Å². The molecule has 1 aromatic carbocycles. The van der Waals surface area contributed by atoms with Crippen molar-refractivity contribution in [2.75, 3.05) is 27.7 Å². The lowest BCUT2D eigenvalue weighted by Crippen LogP contribution is -2.49. The summed E-state index contributed by atoms with van der Waals surface area (Å²) in [5.74, 6) is 1.71. The number of hydrogen-bond donors (Lipinski definition) is 3. The van der Waals surface area contributed by atoms with Gasteiger partial charge in [0.2, 0.25) is 5.91 Å². The SMILES string of the molecule is CN=C(NCc1ncc(-c2ccccc2)[nH]1)NCC1(C(=O)N(C)C)CCCC1. The van der Waals surface area contributed by atoms with Crippen molar-refractivity contribution in [1.29, 1.82) is 0 Å². The molecule has 1 fully saturated rings. The van der Waals surface area contributed by atoms with Gasteiger partial charge in [-0.05, 0) is 18.4 Å². The fraction of sp³-hybridized carbons (Fsp3) is 0.476. The molecule has 7 heteroatoms. The van der Waals surface area contributed by atoms with Crippen molar-refractivity contribution in [2.24, 2.45) is 10.4 Å². The normalized spacial score (nSPS) is 16.0. The average molecular weight is 383 g/mol. The van der Waals surface area contributed by atoms with E-state index >= 15 is 0 Å². The van der Waals surface area contributed by atoms with Gasteiger partial charge in [0, 0.05) is 27.7 Å². The second-order valence-electron chi connectivity index (χ2n) is 7.58. The maximum absolute atomic E-state index is 12.7. The summed E-state index contributed by atoms with van der Waals surface area (Å²) in [5, 5.41) is 6.63. The number of aromatic nitrogens is 2. The Hall–Kier alpha value is -2.83. The van der Waals surface area contributed by atoms with E-state index in [0.29, 0.717) is 19.0 Å². The molecule has 0 atom stereocenters. The first-order valence-corrected chi connectivity index (χ1v) is 9.80. The molecule has 1 aromatic heterocycles. The molecule has 7 nitrogen and oxygen atoms in total. The number of benzene rings is 1. The van der Waals surface area contributed by atoms with Gasteiger partial charge in [-0.25, -0.2) is 4.98 Å². The Bertz CT molecular complexity index is 805. The number of carbonyl (C=O) groups is 1. The second kappa shape index (κ2) is 8.91. The van der Waals surface area contributed by atoms with Crippen LogP contribution in [0.5, 0.6) is 0 Å². The van der Waals surface area contributed by atoms with E-state index in [1.54, 1.807) is 11.9 Å². The Morgan fingerprint density at radius 3 is 2.57 bits per heavy atom. The van der Waals surface area contributed by atoms with E-state index in [1.807, 2.05) is 50.6 Å². The molecular formula is C21H30N6O. The Morgan fingerprint density at radius 2 is 1.93 bits per heavy atom. The van der Waals surface area contributed by atoms with E-state index in [2.05, 4.69) is 25.6 Å². The molecular weight excluding hydrogens is 352 g/mol. The Labute approximate surface area is 166 Å². The highest BCUT2D eigenvalue weighted by atomic mass is 16.2. The van der Waals surface area contributed by atoms with Crippen molar-refractivity contribution >= 4 is 11.9 Å². The van der Waals surface area contributed by atoms with Crippen LogP contribution in [0.3, 0.4) is 0 Å². The first-order valence-electron chi connectivity index (χ1n) is 9.80. The van der Waals surface area contributed by atoms with Crippen LogP contribution in [-0.2, 0) is 11.3 Å². The summed E-state index contributed by atoms with van der Waals surface area (Å²) < 4.78 is 0. The van der Waals surface area contributed by atoms with Gasteiger partial charge in [0.15, 0.2) is 5.96 Å². The van der Waals surface area contributed by atoms with Crippen molar-refractivity contribution in [3.63, 3.8) is 0 Å². The number of guanidine groups is 1. The monoisotopic (exact) mass is 382 g/mol. The van der Waals surface area contributed by atoms with Crippen LogP contribution in [0, 0.1) is 5.41 Å². The number of rotatable bonds is 6. The van der Waals surface area contributed by atoms with Crippen LogP contribution >= 0.6 is 0 Å². The molecule has 1 heterocycles. The van der Waals surface area contributed by atoms with Crippen LogP contribution in [0.25, 0.3) is 11.3 Å². The zero-order valence-electron chi connectivity index (χ0n) is 17.0. The van der Waals surface area contributed by atoms with Gasteiger partial charge < -0.3 is 20.5 Å². The number of aromatic amines is 1. The van der Waals surface area contributed by atoms with Crippen LogP contribution in [-0.4, -0.2) is 54.4 Å². The van der Waals surface area contributed by atoms with Gasteiger partial charge in [-0.2, -0.15) is 0 Å². The number of carbonyl (C=O) groups excluding carboxylic acids is 1. The molecule has 1 aliphatic rings. The summed E-state index contributed by atoms with van der Waals surface area (Å²) >= 11 is 0. The van der Waals surface area contributed by atoms with Gasteiger partial charge in [0.05, 0.1) is 23.9 Å². The highest BCUT2D eigenvalue weighted by molar-refractivity contribution is 5.85. The molecule has 3 rings (SSSR count). The highest BCUT2D eigenvalue weighted by Gasteiger charge is 2.42. The molecule has 28 heavy (non-hydrogen) atoms. The van der Waals surface area contributed by atoms with Gasteiger partial charge in [-0.15, -0.1) is 0 Å². The minimum Gasteiger partial charge on any atom is -0.355 e. The minimum absolute atomic E-state index is 0.200. The summed E-state index contributed by atoms with van der Waals surface area (Å²) in [4.78, 5) is 26.5. The molecule has 150 valence electrons. The molecule has 1 aliphatic carbocycles. The third kappa shape index (κ3) is 4.52. The molecule has 0 saturated heterocycles. The third-order valence-electron chi connectivity index (χ3n) is 5.37. The van der Waals surface area contributed by atoms with Crippen molar-refractivity contribution < 1.29 is 4.79 Å². The van der Waals surface area contributed by atoms with Crippen LogP contribution in [0.15, 0.2) is 41.5 Å². The van der Waals surface area contributed by atoms with Crippen LogP contribution in [0.4, 0.5) is 0 Å². The topological polar surface area (TPSA) is 85.4 Å². The first kappa shape index (κ1) is 19.9. The van der Waals surface area contributed by atoms with Crippen molar-refractivity contribution in [1.82, 2.24) is 25.5 Å². The lowest BCUT2D eigenvalue weighted by Gasteiger charge is -2.31. The van der Waals surface area contributed by atoms with Gasteiger partial charge in [0.1, 0.15) is 5.82 Å². The lowest BCUT2D eigenvalue weighted by molar-refractivity contribution is -0.138. The number of aliphatic imine (C=N–C) groups is 1. The fourth-order valence-electron chi connectivity index (χ4n) is 3.85. The maximum atomic E-state index is 12.7. The molecule has 0 aliphatic heterocycles. The minimum atomic E-state index is -0.327. The maximum Gasteiger partial charge on any atom is 0.230 e. The average Bonchev–Trinajstić information content (AvgIpc) is 3.38. The summed E-state index contributed by atoms with van der Waals surface area (Å²) in [6.45, 7) is 1.12. The number of amides is 1. The third-order valence-corrected chi connectivity index (χ3v) is 5.37. The summed E-state index contributed by atoms with van der Waals surface area (Å²) in [6, 6.07) is 10.1. The van der Waals surface area contributed by atoms with Crippen LogP contribution in [0.1, 0.15) is 31.5 Å². The number of hydrogen-bond acceptors (Lipinski definition) is 3. The van der Waals surface area contributed by atoms with Crippen LogP contribution < -0.4 is 10.6 Å². The second-order valence-corrected chi connectivity index (χ2v) is 7.58. The van der Waals surface area contributed by atoms with Crippen LogP contribution in [0.2, 0.25) is 0 Å². The van der Waals surface area contributed by atoms with E-state index in [9.17, 15) is 4.79 Å². The molecule has 0 bridgehead atoms. The smallest absolute Gasteiger partial charge is 0.230 e. The Kier molecular flexibility index (Phi) is 6.34. The van der Waals surface area contributed by atoms with Gasteiger partial charge in [-0.1, -0.05) is 43.2 Å². The van der Waals surface area contributed by atoms with Crippen molar-refractivity contribution in [2.45, 2.75) is 32.2 Å². The van der Waals surface area contributed by atoms with E-state index in [0.717, 1.165) is 42.8 Å². The Morgan fingerprint density at radius 1 is 1.21 bits per heavy atom. The zero-order chi connectivity index (χ0) is 20.0. The first-order chi connectivity index (χ1) is 13.5. The largest absolute Gasteiger partial charge is 0.355 e. The van der Waals surface area contributed by atoms with E-state index < -0.39 is 0 Å². The number of nitrogens with one attached hydrogen (secondary N) is 3. The van der Waals surface area contributed by atoms with Crippen molar-refractivity contribution in [3.05, 3.63) is 42.4 Å². The quantitative estimate of drug-likeness (QED) is 0.529. The summed E-state index contributed by atoms with van der Waals surface area (Å²) in [5.41, 5.74) is 1.77. The van der Waals surface area contributed by atoms with Gasteiger partial charge >= 0.3 is 0 Å². The van der Waals surface area contributed by atoms with E-state index in [1.165, 1.54) is 0 Å². The van der Waals surface area contributed by atoms with E-state index in [-0.39, 0.29) is 11.3 Å². The summed E-state index contributed by atoms with van der Waals surface area (Å²) in [6.07, 6.45) is 5.88. The Balaban J connectivity index is 1.57. The summed E-state index contributed by atoms with van der Waals surface area (Å²) in [7, 11) is 5.40. The van der Waals surface area contributed by atoms with Gasteiger partial charge in [0.25, 0.3) is 0 Å². The lowest BCUT2D eigenvalue weighted by atomic mass is 9.84. The predicted octanol–water partition coefficient (Wildman–Crippen LogP) is 2.39. The molecule has 1 amide bonds. The predicted molar refractivity (Wildman–Crippen MR) is 112 cm³/mol. The molecule has 0 unspecified atom stereocenters. The highest BCUT2D eigenvalue weighted by Crippen LogP contribution is 2.38. The molecule has 2 aromatic rings.